The molecule has 0 radical (unpaired) electrons. The van der Waals surface area contributed by atoms with Crippen LogP contribution in [0.1, 0.15) is 38.8 Å². The molecule has 0 fully saturated rings. The predicted octanol–water partition coefficient (Wildman–Crippen LogP) is 1.88. The summed E-state index contributed by atoms with van der Waals surface area (Å²) < 4.78 is 5.18. The highest BCUT2D eigenvalue weighted by Gasteiger charge is 2.27. The van der Waals surface area contributed by atoms with Crippen LogP contribution in [0.3, 0.4) is 0 Å². The van der Waals surface area contributed by atoms with Gasteiger partial charge in [0.15, 0.2) is 6.10 Å². The third-order valence-electron chi connectivity index (χ3n) is 3.44. The van der Waals surface area contributed by atoms with Gasteiger partial charge in [0.1, 0.15) is 0 Å². The molecule has 0 aliphatic carbocycles. The number of pyridine rings is 1. The smallest absolute Gasteiger partial charge is 0.408 e. The molecular weight excluding hydrogens is 282 g/mol. The Morgan fingerprint density at radius 2 is 2.09 bits per heavy atom. The second-order valence-electron chi connectivity index (χ2n) is 6.58. The van der Waals surface area contributed by atoms with Gasteiger partial charge < -0.3 is 15.0 Å². The number of hydrogen-bond donors (Lipinski definition) is 1. The average Bonchev–Trinajstić information content (AvgIpc) is 2.43. The lowest BCUT2D eigenvalue weighted by molar-refractivity contribution is -0.140. The number of nitrogens with one attached hydrogen (secondary N) is 1. The Kier molecular flexibility index (Phi) is 4.68. The lowest BCUT2D eigenvalue weighted by Gasteiger charge is -2.30. The molecule has 22 heavy (non-hydrogen) atoms. The quantitative estimate of drug-likeness (QED) is 0.905. The number of rotatable bonds is 2. The topological polar surface area (TPSA) is 71.5 Å². The van der Waals surface area contributed by atoms with Gasteiger partial charge in [-0.3, -0.25) is 9.78 Å². The van der Waals surface area contributed by atoms with Crippen LogP contribution in [0.25, 0.3) is 0 Å². The van der Waals surface area contributed by atoms with Gasteiger partial charge in [-0.2, -0.15) is 0 Å². The Balaban J connectivity index is 1.93. The number of fused-ring (bicyclic) bond motifs is 1. The fourth-order valence-electron chi connectivity index (χ4n) is 2.37. The molecule has 0 unspecified atom stereocenters. The lowest BCUT2D eigenvalue weighted by atomic mass is 10.0. The number of alkyl carbamates (subject to hydrolysis) is 1. The van der Waals surface area contributed by atoms with Crippen molar-refractivity contribution < 1.29 is 14.3 Å². The van der Waals surface area contributed by atoms with E-state index in [1.807, 2.05) is 33.0 Å². The molecule has 2 heterocycles. The summed E-state index contributed by atoms with van der Waals surface area (Å²) in [5.74, 6) is -0.175. The maximum atomic E-state index is 12.4. The van der Waals surface area contributed by atoms with Crippen LogP contribution in [0.4, 0.5) is 4.79 Å². The first-order valence-corrected chi connectivity index (χ1v) is 7.45. The van der Waals surface area contributed by atoms with Gasteiger partial charge >= 0.3 is 6.09 Å². The zero-order chi connectivity index (χ0) is 16.3. The number of hydrogen-bond acceptors (Lipinski definition) is 4. The normalized spacial score (nSPS) is 15.7. The average molecular weight is 305 g/mol. The van der Waals surface area contributed by atoms with Crippen molar-refractivity contribution in [1.82, 2.24) is 15.2 Å². The van der Waals surface area contributed by atoms with Gasteiger partial charge in [0, 0.05) is 31.0 Å². The second-order valence-corrected chi connectivity index (χ2v) is 6.58. The SMILES string of the molecule is C[C@@H](OC(=O)NC(C)(C)C)C(=O)N1CCc2cnccc2C1. The van der Waals surface area contributed by atoms with Crippen LogP contribution >= 0.6 is 0 Å². The van der Waals surface area contributed by atoms with Crippen molar-refractivity contribution in [2.75, 3.05) is 6.54 Å². The van der Waals surface area contributed by atoms with E-state index in [4.69, 9.17) is 4.74 Å². The minimum Gasteiger partial charge on any atom is -0.436 e. The van der Waals surface area contributed by atoms with Crippen molar-refractivity contribution in [3.63, 3.8) is 0 Å². The Labute approximate surface area is 130 Å². The summed E-state index contributed by atoms with van der Waals surface area (Å²) in [6.07, 6.45) is 2.97. The van der Waals surface area contributed by atoms with E-state index in [0.717, 1.165) is 12.0 Å². The molecule has 0 saturated heterocycles. The third kappa shape index (κ3) is 4.19. The van der Waals surface area contributed by atoms with Crippen LogP contribution in [0.2, 0.25) is 0 Å². The van der Waals surface area contributed by atoms with E-state index >= 15 is 0 Å². The van der Waals surface area contributed by atoms with Gasteiger partial charge in [-0.05, 0) is 51.3 Å². The molecule has 1 N–H and O–H groups in total. The van der Waals surface area contributed by atoms with Crippen molar-refractivity contribution in [1.29, 1.82) is 0 Å². The molecule has 0 spiro atoms. The molecule has 120 valence electrons. The van der Waals surface area contributed by atoms with Gasteiger partial charge in [-0.25, -0.2) is 4.79 Å². The van der Waals surface area contributed by atoms with Crippen LogP contribution in [-0.4, -0.2) is 40.1 Å². The fraction of sp³-hybridized carbons (Fsp3) is 0.562. The Morgan fingerprint density at radius 1 is 1.36 bits per heavy atom. The molecule has 0 aromatic carbocycles. The maximum Gasteiger partial charge on any atom is 0.408 e. The molecule has 1 aliphatic rings. The summed E-state index contributed by atoms with van der Waals surface area (Å²) in [6, 6.07) is 1.92. The number of nitrogens with zero attached hydrogens (tertiary/aromatic N) is 2. The van der Waals surface area contributed by atoms with Crippen molar-refractivity contribution in [3.8, 4) is 0 Å². The monoisotopic (exact) mass is 305 g/mol. The van der Waals surface area contributed by atoms with Crippen molar-refractivity contribution >= 4 is 12.0 Å². The summed E-state index contributed by atoms with van der Waals surface area (Å²) >= 11 is 0. The van der Waals surface area contributed by atoms with E-state index in [-0.39, 0.29) is 5.91 Å². The van der Waals surface area contributed by atoms with E-state index in [0.29, 0.717) is 13.1 Å². The highest BCUT2D eigenvalue weighted by atomic mass is 16.6. The highest BCUT2D eigenvalue weighted by molar-refractivity contribution is 5.83. The van der Waals surface area contributed by atoms with E-state index in [2.05, 4.69) is 10.3 Å². The van der Waals surface area contributed by atoms with Crippen LogP contribution < -0.4 is 5.32 Å². The van der Waals surface area contributed by atoms with Crippen molar-refractivity contribution in [2.45, 2.75) is 52.3 Å². The largest absolute Gasteiger partial charge is 0.436 e. The number of amides is 2. The molecule has 2 amide bonds. The molecule has 6 nitrogen and oxygen atoms in total. The molecule has 0 saturated carbocycles. The molecule has 1 atom stereocenters. The predicted molar refractivity (Wildman–Crippen MR) is 82.2 cm³/mol. The number of ether oxygens (including phenoxy) is 1. The molecule has 0 bridgehead atoms. The number of carbonyl (C=O) groups excluding carboxylic acids is 2. The first-order chi connectivity index (χ1) is 10.3. The van der Waals surface area contributed by atoms with Gasteiger partial charge in [0.05, 0.1) is 0 Å². The third-order valence-corrected chi connectivity index (χ3v) is 3.44. The van der Waals surface area contributed by atoms with Crippen molar-refractivity contribution in [2.24, 2.45) is 0 Å². The minimum atomic E-state index is -0.800. The summed E-state index contributed by atoms with van der Waals surface area (Å²) in [7, 11) is 0. The molecule has 6 heteroatoms. The summed E-state index contributed by atoms with van der Waals surface area (Å²) in [5.41, 5.74) is 1.88. The molecule has 2 rings (SSSR count). The number of carbonyl (C=O) groups is 2. The van der Waals surface area contributed by atoms with Crippen LogP contribution in [0.15, 0.2) is 18.5 Å². The van der Waals surface area contributed by atoms with E-state index in [1.165, 1.54) is 5.56 Å². The Hall–Kier alpha value is -2.11. The molecule has 1 aliphatic heterocycles. The Bertz CT molecular complexity index is 566. The minimum absolute atomic E-state index is 0.175. The lowest BCUT2D eigenvalue weighted by Crippen LogP contribution is -2.46. The van der Waals surface area contributed by atoms with Crippen molar-refractivity contribution in [3.05, 3.63) is 29.6 Å². The zero-order valence-corrected chi connectivity index (χ0v) is 13.5. The summed E-state index contributed by atoms with van der Waals surface area (Å²) in [4.78, 5) is 30.0. The van der Waals surface area contributed by atoms with Gasteiger partial charge in [-0.15, -0.1) is 0 Å². The van der Waals surface area contributed by atoms with Crippen LogP contribution in [-0.2, 0) is 22.5 Å². The van der Waals surface area contributed by atoms with E-state index < -0.39 is 17.7 Å². The standard InChI is InChI=1S/C16H23N3O3/c1-11(22-15(21)18-16(2,3)4)14(20)19-8-6-12-9-17-7-5-13(12)10-19/h5,7,9,11H,6,8,10H2,1-4H3,(H,18,21)/t11-/m1/s1. The molecule has 1 aromatic rings. The first-order valence-electron chi connectivity index (χ1n) is 7.45. The second kappa shape index (κ2) is 6.34. The first kappa shape index (κ1) is 16.3. The van der Waals surface area contributed by atoms with E-state index in [1.54, 1.807) is 18.0 Å². The van der Waals surface area contributed by atoms with Crippen LogP contribution in [0, 0.1) is 0 Å². The van der Waals surface area contributed by atoms with Gasteiger partial charge in [0.25, 0.3) is 5.91 Å². The van der Waals surface area contributed by atoms with E-state index in [9.17, 15) is 9.59 Å². The Morgan fingerprint density at radius 3 is 2.77 bits per heavy atom. The summed E-state index contributed by atoms with van der Waals surface area (Å²) in [6.45, 7) is 8.33. The highest BCUT2D eigenvalue weighted by Crippen LogP contribution is 2.18. The van der Waals surface area contributed by atoms with Gasteiger partial charge in [0.2, 0.25) is 0 Å². The number of aromatic nitrogens is 1. The summed E-state index contributed by atoms with van der Waals surface area (Å²) in [5, 5.41) is 2.68. The fourth-order valence-corrected chi connectivity index (χ4v) is 2.37. The maximum absolute atomic E-state index is 12.4. The van der Waals surface area contributed by atoms with Crippen LogP contribution in [0.5, 0.6) is 0 Å². The zero-order valence-electron chi connectivity index (χ0n) is 13.5. The van der Waals surface area contributed by atoms with Gasteiger partial charge in [-0.1, -0.05) is 0 Å². The molecule has 1 aromatic heterocycles. The molecular formula is C16H23N3O3.